The lowest BCUT2D eigenvalue weighted by Gasteiger charge is -2.38. The van der Waals surface area contributed by atoms with Gasteiger partial charge in [0.05, 0.1) is 43.2 Å². The van der Waals surface area contributed by atoms with Gasteiger partial charge in [-0.3, -0.25) is 9.20 Å². The van der Waals surface area contributed by atoms with Crippen molar-refractivity contribution in [3.63, 3.8) is 0 Å². The van der Waals surface area contributed by atoms with Gasteiger partial charge < -0.3 is 19.4 Å². The van der Waals surface area contributed by atoms with Crippen molar-refractivity contribution in [3.8, 4) is 0 Å². The van der Waals surface area contributed by atoms with Gasteiger partial charge in [0.2, 0.25) is 0 Å². The zero-order chi connectivity index (χ0) is 18.4. The highest BCUT2D eigenvalue weighted by Crippen LogP contribution is 2.33. The zero-order valence-electron chi connectivity index (χ0n) is 15.3. The fraction of sp³-hybridized carbons (Fsp3) is 0.526. The van der Waals surface area contributed by atoms with E-state index in [-0.39, 0.29) is 11.8 Å². The van der Waals surface area contributed by atoms with E-state index in [2.05, 4.69) is 21.3 Å². The standard InChI is InChI=1S/C19H23N5O3/c1-12-3-5-23(19(25)16-11-26-6-7-27-16)10-14(12)18-22-9-13-8-21-17-15(24(13)18)2-4-20-17/h2,4,8-9,12,14,16,20H,3,5-7,10-11H2,1H3/t12-,14+,16-/m1/s1. The van der Waals surface area contributed by atoms with Crippen molar-refractivity contribution in [1.29, 1.82) is 0 Å². The van der Waals surface area contributed by atoms with Gasteiger partial charge in [-0.15, -0.1) is 0 Å². The molecule has 0 unspecified atom stereocenters. The summed E-state index contributed by atoms with van der Waals surface area (Å²) in [6.45, 7) is 5.02. The molecule has 0 spiro atoms. The first kappa shape index (κ1) is 16.7. The summed E-state index contributed by atoms with van der Waals surface area (Å²) in [5, 5.41) is 0. The van der Waals surface area contributed by atoms with Crippen LogP contribution in [-0.2, 0) is 14.3 Å². The van der Waals surface area contributed by atoms with Crippen molar-refractivity contribution < 1.29 is 14.3 Å². The number of amides is 1. The van der Waals surface area contributed by atoms with Gasteiger partial charge in [0.25, 0.3) is 5.91 Å². The molecule has 0 aliphatic carbocycles. The van der Waals surface area contributed by atoms with E-state index in [0.717, 1.165) is 35.5 Å². The van der Waals surface area contributed by atoms with Crippen LogP contribution in [0, 0.1) is 5.92 Å². The predicted molar refractivity (Wildman–Crippen MR) is 98.5 cm³/mol. The monoisotopic (exact) mass is 369 g/mol. The topological polar surface area (TPSA) is 84.8 Å². The number of hydrogen-bond acceptors (Lipinski definition) is 5. The van der Waals surface area contributed by atoms with Crippen molar-refractivity contribution in [3.05, 3.63) is 30.5 Å². The number of nitrogens with zero attached hydrogens (tertiary/aromatic N) is 4. The largest absolute Gasteiger partial charge is 0.376 e. The average Bonchev–Trinajstić information content (AvgIpc) is 3.35. The van der Waals surface area contributed by atoms with Crippen LogP contribution in [0.3, 0.4) is 0 Å². The third-order valence-electron chi connectivity index (χ3n) is 5.78. The molecule has 2 aliphatic rings. The number of carbonyl (C=O) groups is 1. The van der Waals surface area contributed by atoms with Gasteiger partial charge in [-0.1, -0.05) is 6.92 Å². The fourth-order valence-corrected chi connectivity index (χ4v) is 4.20. The first-order chi connectivity index (χ1) is 13.2. The normalized spacial score (nSPS) is 26.7. The van der Waals surface area contributed by atoms with Gasteiger partial charge in [-0.05, 0) is 18.4 Å². The summed E-state index contributed by atoms with van der Waals surface area (Å²) in [5.41, 5.74) is 2.82. The van der Waals surface area contributed by atoms with Crippen molar-refractivity contribution in [1.82, 2.24) is 24.3 Å². The van der Waals surface area contributed by atoms with E-state index >= 15 is 0 Å². The Bertz CT molecular complexity index is 974. The Morgan fingerprint density at radius 2 is 2.19 bits per heavy atom. The van der Waals surface area contributed by atoms with Gasteiger partial charge in [0, 0.05) is 25.2 Å². The number of rotatable bonds is 2. The number of piperidine rings is 1. The minimum atomic E-state index is -0.481. The lowest BCUT2D eigenvalue weighted by atomic mass is 9.86. The van der Waals surface area contributed by atoms with E-state index in [1.165, 1.54) is 0 Å². The number of aromatic amines is 1. The molecule has 27 heavy (non-hydrogen) atoms. The molecule has 8 nitrogen and oxygen atoms in total. The Hall–Kier alpha value is -2.45. The highest BCUT2D eigenvalue weighted by atomic mass is 16.6. The maximum Gasteiger partial charge on any atom is 0.254 e. The summed E-state index contributed by atoms with van der Waals surface area (Å²) in [5.74, 6) is 1.62. The first-order valence-electron chi connectivity index (χ1n) is 9.50. The highest BCUT2D eigenvalue weighted by Gasteiger charge is 2.36. The molecule has 2 aliphatic heterocycles. The smallest absolute Gasteiger partial charge is 0.254 e. The summed E-state index contributed by atoms with van der Waals surface area (Å²) < 4.78 is 13.2. The molecule has 3 aromatic rings. The summed E-state index contributed by atoms with van der Waals surface area (Å²) >= 11 is 0. The Kier molecular flexibility index (Phi) is 4.09. The SMILES string of the molecule is C[C@@H]1CCN(C(=O)[C@H]2COCCO2)C[C@@H]1c1ncc2cnc3[nH]ccc3n12. The second kappa shape index (κ2) is 6.61. The molecule has 0 bridgehead atoms. The molecular formula is C19H23N5O3. The fourth-order valence-electron chi connectivity index (χ4n) is 4.20. The van der Waals surface area contributed by atoms with Crippen molar-refractivity contribution in [2.45, 2.75) is 25.4 Å². The van der Waals surface area contributed by atoms with E-state index in [4.69, 9.17) is 14.5 Å². The Balaban J connectivity index is 1.47. The molecule has 0 aromatic carbocycles. The quantitative estimate of drug-likeness (QED) is 0.741. The number of hydrogen-bond donors (Lipinski definition) is 1. The molecule has 2 saturated heterocycles. The molecule has 1 N–H and O–H groups in total. The Morgan fingerprint density at radius 3 is 3.04 bits per heavy atom. The van der Waals surface area contributed by atoms with E-state index in [9.17, 15) is 4.79 Å². The number of fused-ring (bicyclic) bond motifs is 3. The van der Waals surface area contributed by atoms with Gasteiger partial charge in [-0.2, -0.15) is 0 Å². The molecule has 8 heteroatoms. The number of carbonyl (C=O) groups excluding carboxylic acids is 1. The summed E-state index contributed by atoms with van der Waals surface area (Å²) in [6.07, 6.45) is 6.05. The highest BCUT2D eigenvalue weighted by molar-refractivity contribution is 5.81. The van der Waals surface area contributed by atoms with Crippen LogP contribution in [0.1, 0.15) is 25.1 Å². The van der Waals surface area contributed by atoms with Crippen molar-refractivity contribution in [2.75, 3.05) is 32.9 Å². The summed E-state index contributed by atoms with van der Waals surface area (Å²) in [6, 6.07) is 2.02. The average molecular weight is 369 g/mol. The summed E-state index contributed by atoms with van der Waals surface area (Å²) in [4.78, 5) is 27.1. The number of nitrogens with one attached hydrogen (secondary N) is 1. The van der Waals surface area contributed by atoms with E-state index in [0.29, 0.717) is 32.3 Å². The van der Waals surface area contributed by atoms with Crippen LogP contribution in [0.15, 0.2) is 24.7 Å². The second-order valence-electron chi connectivity index (χ2n) is 7.44. The third kappa shape index (κ3) is 2.80. The number of aromatic nitrogens is 4. The van der Waals surface area contributed by atoms with E-state index in [1.54, 1.807) is 0 Å². The zero-order valence-corrected chi connectivity index (χ0v) is 15.3. The number of H-pyrrole nitrogens is 1. The molecule has 0 saturated carbocycles. The minimum Gasteiger partial charge on any atom is -0.376 e. The number of ether oxygens (including phenoxy) is 2. The Morgan fingerprint density at radius 1 is 1.30 bits per heavy atom. The van der Waals surface area contributed by atoms with Crippen LogP contribution < -0.4 is 0 Å². The van der Waals surface area contributed by atoms with Crippen LogP contribution in [0.4, 0.5) is 0 Å². The van der Waals surface area contributed by atoms with E-state index < -0.39 is 6.10 Å². The molecule has 3 aromatic heterocycles. The second-order valence-corrected chi connectivity index (χ2v) is 7.44. The summed E-state index contributed by atoms with van der Waals surface area (Å²) in [7, 11) is 0. The lowest BCUT2D eigenvalue weighted by molar-refractivity contribution is -0.159. The molecule has 3 atom stereocenters. The van der Waals surface area contributed by atoms with Crippen LogP contribution in [0.5, 0.6) is 0 Å². The van der Waals surface area contributed by atoms with Gasteiger partial charge in [0.15, 0.2) is 11.8 Å². The Labute approximate surface area is 156 Å². The minimum absolute atomic E-state index is 0.0286. The third-order valence-corrected chi connectivity index (χ3v) is 5.78. The van der Waals surface area contributed by atoms with Crippen LogP contribution >= 0.6 is 0 Å². The van der Waals surface area contributed by atoms with Crippen LogP contribution in [0.25, 0.3) is 16.7 Å². The van der Waals surface area contributed by atoms with Crippen molar-refractivity contribution in [2.24, 2.45) is 5.92 Å². The van der Waals surface area contributed by atoms with Crippen LogP contribution in [0.2, 0.25) is 0 Å². The first-order valence-corrected chi connectivity index (χ1v) is 9.50. The lowest BCUT2D eigenvalue weighted by Crippen LogP contribution is -2.50. The number of imidazole rings is 1. The predicted octanol–water partition coefficient (Wildman–Crippen LogP) is 1.58. The van der Waals surface area contributed by atoms with E-state index in [1.807, 2.05) is 29.6 Å². The van der Waals surface area contributed by atoms with Crippen LogP contribution in [-0.4, -0.2) is 69.2 Å². The maximum absolute atomic E-state index is 12.9. The van der Waals surface area contributed by atoms with Gasteiger partial charge >= 0.3 is 0 Å². The molecule has 142 valence electrons. The number of likely N-dealkylation sites (tertiary alicyclic amines) is 1. The molecule has 5 heterocycles. The van der Waals surface area contributed by atoms with Gasteiger partial charge in [0.1, 0.15) is 5.82 Å². The molecule has 0 radical (unpaired) electrons. The molecule has 2 fully saturated rings. The molecular weight excluding hydrogens is 346 g/mol. The maximum atomic E-state index is 12.9. The molecule has 5 rings (SSSR count). The van der Waals surface area contributed by atoms with Crippen molar-refractivity contribution >= 4 is 22.6 Å². The molecule has 1 amide bonds. The van der Waals surface area contributed by atoms with Gasteiger partial charge in [-0.25, -0.2) is 9.97 Å².